The first-order chi connectivity index (χ1) is 9.65. The van der Waals surface area contributed by atoms with E-state index in [1.54, 1.807) is 6.20 Å². The van der Waals surface area contributed by atoms with Crippen LogP contribution < -0.4 is 10.0 Å². The molecule has 20 heavy (non-hydrogen) atoms. The molecule has 0 bridgehead atoms. The highest BCUT2D eigenvalue weighted by Crippen LogP contribution is 2.23. The Hall–Kier alpha value is -0.570. The molecular weight excluding hydrogens is 296 g/mol. The van der Waals surface area contributed by atoms with Gasteiger partial charge >= 0.3 is 0 Å². The Kier molecular flexibility index (Phi) is 4.34. The van der Waals surface area contributed by atoms with Crippen molar-refractivity contribution in [2.75, 3.05) is 18.1 Å². The standard InChI is InChI=1S/C12H20N4O2S2/c17-20(18,15-5-9-3-4-19-8-9)12-10(7-14-16-12)6-13-11-1-2-11/h7,9,11,13,15H,1-6,8H2,(H,14,16). The van der Waals surface area contributed by atoms with Crippen LogP contribution in [0.25, 0.3) is 0 Å². The molecule has 3 rings (SSSR count). The van der Waals surface area contributed by atoms with Crippen LogP contribution >= 0.6 is 11.8 Å². The molecule has 3 N–H and O–H groups in total. The van der Waals surface area contributed by atoms with Crippen molar-refractivity contribution in [3.63, 3.8) is 0 Å². The van der Waals surface area contributed by atoms with Gasteiger partial charge in [0.15, 0.2) is 5.03 Å². The molecule has 112 valence electrons. The molecule has 0 spiro atoms. The number of H-pyrrole nitrogens is 1. The Labute approximate surface area is 123 Å². The molecule has 8 heteroatoms. The molecule has 1 aromatic heterocycles. The number of nitrogens with zero attached hydrogens (tertiary/aromatic N) is 1. The van der Waals surface area contributed by atoms with E-state index in [1.807, 2.05) is 11.8 Å². The van der Waals surface area contributed by atoms with E-state index in [4.69, 9.17) is 0 Å². The predicted molar refractivity (Wildman–Crippen MR) is 79.1 cm³/mol. The number of rotatable bonds is 7. The van der Waals surface area contributed by atoms with Crippen molar-refractivity contribution in [2.45, 2.75) is 36.9 Å². The van der Waals surface area contributed by atoms with Crippen LogP contribution in [-0.2, 0) is 16.6 Å². The first kappa shape index (κ1) is 14.4. The Bertz CT molecular complexity index is 548. The molecule has 0 radical (unpaired) electrons. The van der Waals surface area contributed by atoms with Crippen molar-refractivity contribution < 1.29 is 8.42 Å². The van der Waals surface area contributed by atoms with E-state index in [0.29, 0.717) is 30.6 Å². The van der Waals surface area contributed by atoms with Gasteiger partial charge in [0.2, 0.25) is 0 Å². The maximum absolute atomic E-state index is 12.3. The second kappa shape index (κ2) is 6.05. The first-order valence-corrected chi connectivity index (χ1v) is 9.62. The van der Waals surface area contributed by atoms with Crippen LogP contribution in [0.5, 0.6) is 0 Å². The van der Waals surface area contributed by atoms with Crippen molar-refractivity contribution in [1.82, 2.24) is 20.2 Å². The third-order valence-corrected chi connectivity index (χ3v) is 6.36. The number of hydrogen-bond donors (Lipinski definition) is 3. The number of nitrogens with one attached hydrogen (secondary N) is 3. The number of thioether (sulfide) groups is 1. The summed E-state index contributed by atoms with van der Waals surface area (Å²) in [5, 5.41) is 10.0. The molecule has 0 amide bonds. The average Bonchev–Trinajstić information content (AvgIpc) is 2.94. The Balaban J connectivity index is 1.61. The van der Waals surface area contributed by atoms with Crippen molar-refractivity contribution in [3.8, 4) is 0 Å². The zero-order valence-corrected chi connectivity index (χ0v) is 12.9. The van der Waals surface area contributed by atoms with Crippen molar-refractivity contribution in [1.29, 1.82) is 0 Å². The van der Waals surface area contributed by atoms with E-state index >= 15 is 0 Å². The van der Waals surface area contributed by atoms with Crippen LogP contribution in [0.1, 0.15) is 24.8 Å². The van der Waals surface area contributed by atoms with Crippen LogP contribution in [-0.4, -0.2) is 42.7 Å². The summed E-state index contributed by atoms with van der Waals surface area (Å²) in [5.41, 5.74) is 0.713. The molecule has 1 aliphatic carbocycles. The van der Waals surface area contributed by atoms with Crippen LogP contribution in [0.2, 0.25) is 0 Å². The topological polar surface area (TPSA) is 86.9 Å². The lowest BCUT2D eigenvalue weighted by Crippen LogP contribution is -2.30. The molecule has 2 fully saturated rings. The number of sulfonamides is 1. The fourth-order valence-electron chi connectivity index (χ4n) is 2.24. The van der Waals surface area contributed by atoms with Gasteiger partial charge in [-0.1, -0.05) is 0 Å². The summed E-state index contributed by atoms with van der Waals surface area (Å²) in [6.45, 7) is 1.07. The fraction of sp³-hybridized carbons (Fsp3) is 0.750. The minimum atomic E-state index is -3.48. The summed E-state index contributed by atoms with van der Waals surface area (Å²) in [6, 6.07) is 0.545. The lowest BCUT2D eigenvalue weighted by molar-refractivity contribution is 0.541. The Morgan fingerprint density at radius 2 is 2.25 bits per heavy atom. The van der Waals surface area contributed by atoms with Crippen LogP contribution in [0.4, 0.5) is 0 Å². The van der Waals surface area contributed by atoms with Gasteiger partial charge in [-0.15, -0.1) is 0 Å². The molecular formula is C12H20N4O2S2. The molecule has 1 aliphatic heterocycles. The van der Waals surface area contributed by atoms with Gasteiger partial charge in [-0.3, -0.25) is 5.10 Å². The second-order valence-electron chi connectivity index (χ2n) is 5.46. The van der Waals surface area contributed by atoms with Crippen molar-refractivity contribution >= 4 is 21.8 Å². The fourth-order valence-corrected chi connectivity index (χ4v) is 4.77. The van der Waals surface area contributed by atoms with Gasteiger partial charge < -0.3 is 5.32 Å². The summed E-state index contributed by atoms with van der Waals surface area (Å²) in [5.74, 6) is 2.62. The van der Waals surface area contributed by atoms with Gasteiger partial charge in [0.05, 0.1) is 6.20 Å². The smallest absolute Gasteiger partial charge is 0.257 e. The molecule has 1 saturated carbocycles. The SMILES string of the molecule is O=S(=O)(NCC1CCSC1)c1[nH]ncc1CNC1CC1. The van der Waals surface area contributed by atoms with E-state index in [2.05, 4.69) is 20.2 Å². The molecule has 0 aromatic carbocycles. The minimum Gasteiger partial charge on any atom is -0.310 e. The van der Waals surface area contributed by atoms with E-state index in [1.165, 1.54) is 12.8 Å². The average molecular weight is 316 g/mol. The minimum absolute atomic E-state index is 0.205. The predicted octanol–water partition coefficient (Wildman–Crippen LogP) is 0.693. The highest BCUT2D eigenvalue weighted by Gasteiger charge is 2.25. The van der Waals surface area contributed by atoms with Crippen LogP contribution in [0.3, 0.4) is 0 Å². The lowest BCUT2D eigenvalue weighted by Gasteiger charge is -2.11. The van der Waals surface area contributed by atoms with E-state index in [9.17, 15) is 8.42 Å². The van der Waals surface area contributed by atoms with Crippen LogP contribution in [0.15, 0.2) is 11.2 Å². The third kappa shape index (κ3) is 3.55. The zero-order valence-electron chi connectivity index (χ0n) is 11.3. The van der Waals surface area contributed by atoms with E-state index < -0.39 is 10.0 Å². The van der Waals surface area contributed by atoms with Gasteiger partial charge in [-0.2, -0.15) is 16.9 Å². The molecule has 6 nitrogen and oxygen atoms in total. The van der Waals surface area contributed by atoms with Gasteiger partial charge in [-0.05, 0) is 36.7 Å². The maximum atomic E-state index is 12.3. The van der Waals surface area contributed by atoms with E-state index in [0.717, 1.165) is 17.9 Å². The summed E-state index contributed by atoms with van der Waals surface area (Å²) < 4.78 is 27.3. The monoisotopic (exact) mass is 316 g/mol. The second-order valence-corrected chi connectivity index (χ2v) is 8.31. The van der Waals surface area contributed by atoms with E-state index in [-0.39, 0.29) is 5.03 Å². The Morgan fingerprint density at radius 3 is 2.95 bits per heavy atom. The molecule has 1 atom stereocenters. The van der Waals surface area contributed by atoms with Gasteiger partial charge in [0.25, 0.3) is 10.0 Å². The normalized spacial score (nSPS) is 23.3. The maximum Gasteiger partial charge on any atom is 0.257 e. The summed E-state index contributed by atoms with van der Waals surface area (Å²) in [4.78, 5) is 0. The lowest BCUT2D eigenvalue weighted by atomic mass is 10.1. The third-order valence-electron chi connectivity index (χ3n) is 3.69. The highest BCUT2D eigenvalue weighted by atomic mass is 32.2. The highest BCUT2D eigenvalue weighted by molar-refractivity contribution is 7.99. The van der Waals surface area contributed by atoms with Gasteiger partial charge in [-0.25, -0.2) is 13.1 Å². The summed E-state index contributed by atoms with van der Waals surface area (Å²) >= 11 is 1.89. The quantitative estimate of drug-likeness (QED) is 0.689. The molecule has 1 aromatic rings. The molecule has 1 unspecified atom stereocenters. The van der Waals surface area contributed by atoms with Crippen LogP contribution in [0, 0.1) is 5.92 Å². The first-order valence-electron chi connectivity index (χ1n) is 6.98. The Morgan fingerprint density at radius 1 is 1.40 bits per heavy atom. The molecule has 2 heterocycles. The molecule has 1 saturated heterocycles. The number of aromatic nitrogens is 2. The van der Waals surface area contributed by atoms with Crippen molar-refractivity contribution in [2.24, 2.45) is 5.92 Å². The van der Waals surface area contributed by atoms with Gasteiger partial charge in [0.1, 0.15) is 0 Å². The van der Waals surface area contributed by atoms with Gasteiger partial charge in [0, 0.05) is 24.7 Å². The molecule has 2 aliphatic rings. The number of hydrogen-bond acceptors (Lipinski definition) is 5. The zero-order chi connectivity index (χ0) is 14.0. The summed E-state index contributed by atoms with van der Waals surface area (Å²) in [7, 11) is -3.48. The number of aromatic amines is 1. The largest absolute Gasteiger partial charge is 0.310 e. The van der Waals surface area contributed by atoms with Crippen molar-refractivity contribution in [3.05, 3.63) is 11.8 Å². The summed E-state index contributed by atoms with van der Waals surface area (Å²) in [6.07, 6.45) is 5.04.